The van der Waals surface area contributed by atoms with E-state index in [1.165, 1.54) is 98.4 Å². The van der Waals surface area contributed by atoms with E-state index in [2.05, 4.69) is 172 Å². The van der Waals surface area contributed by atoms with Gasteiger partial charge >= 0.3 is 0 Å². The van der Waals surface area contributed by atoms with Crippen LogP contribution in [-0.4, -0.2) is 0 Å². The maximum atomic E-state index is 2.43. The molecule has 0 heterocycles. The summed E-state index contributed by atoms with van der Waals surface area (Å²) in [7, 11) is 0. The molecule has 0 atom stereocenters. The highest BCUT2D eigenvalue weighted by Crippen LogP contribution is 2.53. The Labute approximate surface area is 274 Å². The van der Waals surface area contributed by atoms with Crippen LogP contribution in [0.3, 0.4) is 0 Å². The summed E-state index contributed by atoms with van der Waals surface area (Å²) in [5.74, 6) is 0. The molecule has 0 unspecified atom stereocenters. The Bertz CT molecular complexity index is 2730. The van der Waals surface area contributed by atoms with Crippen molar-refractivity contribution in [2.75, 3.05) is 0 Å². The van der Waals surface area contributed by atoms with Crippen molar-refractivity contribution in [1.29, 1.82) is 0 Å². The monoisotopic (exact) mass is 596 g/mol. The highest BCUT2D eigenvalue weighted by Gasteiger charge is 2.37. The summed E-state index contributed by atoms with van der Waals surface area (Å²) >= 11 is 0. The van der Waals surface area contributed by atoms with Gasteiger partial charge < -0.3 is 0 Å². The Kier molecular flexibility index (Phi) is 5.44. The zero-order valence-electron chi connectivity index (χ0n) is 26.5. The van der Waals surface area contributed by atoms with Crippen LogP contribution in [0.15, 0.2) is 158 Å². The van der Waals surface area contributed by atoms with E-state index in [0.717, 1.165) is 0 Å². The molecule has 9 aromatic rings. The molecule has 9 aromatic carbocycles. The molecular formula is C47H32. The average Bonchev–Trinajstić information content (AvgIpc) is 3.37. The molecule has 0 saturated heterocycles. The van der Waals surface area contributed by atoms with Crippen LogP contribution in [0.25, 0.3) is 87.2 Å². The van der Waals surface area contributed by atoms with Crippen LogP contribution < -0.4 is 0 Å². The molecule has 0 bridgehead atoms. The fourth-order valence-corrected chi connectivity index (χ4v) is 8.73. The molecule has 0 radical (unpaired) electrons. The third-order valence-corrected chi connectivity index (χ3v) is 10.8. The molecule has 1 aliphatic rings. The van der Waals surface area contributed by atoms with E-state index in [0.29, 0.717) is 0 Å². The molecule has 0 aliphatic heterocycles. The summed E-state index contributed by atoms with van der Waals surface area (Å²) in [6.07, 6.45) is 0. The van der Waals surface area contributed by atoms with Crippen LogP contribution in [0.1, 0.15) is 25.0 Å². The van der Waals surface area contributed by atoms with Crippen LogP contribution in [0.5, 0.6) is 0 Å². The lowest BCUT2D eigenvalue weighted by Crippen LogP contribution is -2.15. The average molecular weight is 597 g/mol. The van der Waals surface area contributed by atoms with Gasteiger partial charge in [-0.05, 0) is 104 Å². The topological polar surface area (TPSA) is 0 Å². The van der Waals surface area contributed by atoms with Crippen LogP contribution in [0.2, 0.25) is 0 Å². The summed E-state index contributed by atoms with van der Waals surface area (Å²) in [5.41, 5.74) is 10.6. The second kappa shape index (κ2) is 9.64. The lowest BCUT2D eigenvalue weighted by atomic mass is 9.78. The van der Waals surface area contributed by atoms with Gasteiger partial charge in [0.25, 0.3) is 0 Å². The van der Waals surface area contributed by atoms with Crippen LogP contribution in [0.4, 0.5) is 0 Å². The van der Waals surface area contributed by atoms with Crippen LogP contribution in [0, 0.1) is 0 Å². The minimum Gasteiger partial charge on any atom is -0.0619 e. The molecule has 0 saturated carbocycles. The number of hydrogen-bond acceptors (Lipinski definition) is 0. The summed E-state index contributed by atoms with van der Waals surface area (Å²) in [6.45, 7) is 4.79. The van der Waals surface area contributed by atoms with E-state index in [-0.39, 0.29) is 5.41 Å². The van der Waals surface area contributed by atoms with Crippen molar-refractivity contribution in [3.63, 3.8) is 0 Å². The lowest BCUT2D eigenvalue weighted by molar-refractivity contribution is 0.666. The first-order chi connectivity index (χ1) is 23.1. The van der Waals surface area contributed by atoms with Gasteiger partial charge in [0.1, 0.15) is 0 Å². The Morgan fingerprint density at radius 1 is 0.340 bits per heavy atom. The Morgan fingerprint density at radius 3 is 1.72 bits per heavy atom. The third kappa shape index (κ3) is 3.64. The number of fused-ring (bicyclic) bond motifs is 12. The van der Waals surface area contributed by atoms with Gasteiger partial charge in [0, 0.05) is 5.41 Å². The fourth-order valence-electron chi connectivity index (χ4n) is 8.73. The van der Waals surface area contributed by atoms with Crippen molar-refractivity contribution in [3.05, 3.63) is 169 Å². The minimum absolute atomic E-state index is 0.0768. The first-order valence-corrected chi connectivity index (χ1v) is 16.6. The maximum Gasteiger partial charge on any atom is 0.0165 e. The fraction of sp³-hybridized carbons (Fsp3) is 0.0638. The van der Waals surface area contributed by atoms with Crippen molar-refractivity contribution in [2.45, 2.75) is 19.3 Å². The van der Waals surface area contributed by atoms with Crippen molar-refractivity contribution >= 4 is 53.9 Å². The van der Waals surface area contributed by atoms with Gasteiger partial charge in [-0.15, -0.1) is 0 Å². The highest BCUT2D eigenvalue weighted by molar-refractivity contribution is 6.28. The van der Waals surface area contributed by atoms with Gasteiger partial charge in [0.2, 0.25) is 0 Å². The predicted octanol–water partition coefficient (Wildman–Crippen LogP) is 13.1. The first-order valence-electron chi connectivity index (χ1n) is 16.6. The van der Waals surface area contributed by atoms with Gasteiger partial charge in [-0.3, -0.25) is 0 Å². The van der Waals surface area contributed by atoms with E-state index in [9.17, 15) is 0 Å². The molecule has 0 N–H and O–H groups in total. The largest absolute Gasteiger partial charge is 0.0619 e. The van der Waals surface area contributed by atoms with E-state index < -0.39 is 0 Å². The van der Waals surface area contributed by atoms with Gasteiger partial charge in [-0.25, -0.2) is 0 Å². The first kappa shape index (κ1) is 26.5. The van der Waals surface area contributed by atoms with E-state index in [1.807, 2.05) is 0 Å². The normalized spacial score (nSPS) is 13.5. The molecule has 0 heteroatoms. The quantitative estimate of drug-likeness (QED) is 0.174. The Morgan fingerprint density at radius 2 is 0.872 bits per heavy atom. The SMILES string of the molecule is CC1(C)c2ccccc2-c2ccc3c4ccc(-c5ccc(-c6cccc7ccccc67)c6ccccc56)cc4c4ccccc4c3c21. The summed E-state index contributed by atoms with van der Waals surface area (Å²) in [4.78, 5) is 0. The zero-order valence-corrected chi connectivity index (χ0v) is 26.5. The molecule has 1 aliphatic carbocycles. The summed E-state index contributed by atoms with van der Waals surface area (Å²) in [5, 5.41) is 13.1. The van der Waals surface area contributed by atoms with Crippen LogP contribution in [-0.2, 0) is 5.41 Å². The molecule has 0 spiro atoms. The molecule has 0 aromatic heterocycles. The van der Waals surface area contributed by atoms with Crippen molar-refractivity contribution in [1.82, 2.24) is 0 Å². The molecule has 0 fully saturated rings. The molecule has 0 amide bonds. The summed E-state index contributed by atoms with van der Waals surface area (Å²) < 4.78 is 0. The van der Waals surface area contributed by atoms with Crippen LogP contribution >= 0.6 is 0 Å². The zero-order chi connectivity index (χ0) is 31.3. The van der Waals surface area contributed by atoms with E-state index >= 15 is 0 Å². The molecular weight excluding hydrogens is 565 g/mol. The predicted molar refractivity (Wildman–Crippen MR) is 202 cm³/mol. The molecule has 220 valence electrons. The second-order valence-corrected chi connectivity index (χ2v) is 13.6. The standard InChI is InChI=1S/C47H32/c1-47(2)44-21-10-9-18-39(44)42-27-26-41-38-23-22-30(28-43(38)36-17-7-8-19-40(36)45(41)46(42)47)32-24-25-37(35-16-6-5-15-33(32)35)34-20-11-13-29-12-3-4-14-31(29)34/h3-28H,1-2H3. The Balaban J connectivity index is 1.23. The van der Waals surface area contributed by atoms with E-state index in [1.54, 1.807) is 0 Å². The lowest BCUT2D eigenvalue weighted by Gasteiger charge is -2.25. The van der Waals surface area contributed by atoms with Crippen molar-refractivity contribution < 1.29 is 0 Å². The second-order valence-electron chi connectivity index (χ2n) is 13.6. The number of rotatable bonds is 2. The summed E-state index contributed by atoms with van der Waals surface area (Å²) in [6, 6.07) is 58.8. The minimum atomic E-state index is -0.0768. The number of benzene rings is 9. The van der Waals surface area contributed by atoms with E-state index in [4.69, 9.17) is 0 Å². The molecule has 10 rings (SSSR count). The third-order valence-electron chi connectivity index (χ3n) is 10.8. The molecule has 0 nitrogen and oxygen atoms in total. The Hall–Kier alpha value is -5.72. The number of hydrogen-bond donors (Lipinski definition) is 0. The molecule has 47 heavy (non-hydrogen) atoms. The van der Waals surface area contributed by atoms with Gasteiger partial charge in [0.15, 0.2) is 0 Å². The van der Waals surface area contributed by atoms with Crippen molar-refractivity contribution in [3.8, 4) is 33.4 Å². The van der Waals surface area contributed by atoms with Gasteiger partial charge in [0.05, 0.1) is 0 Å². The van der Waals surface area contributed by atoms with Gasteiger partial charge in [-0.2, -0.15) is 0 Å². The van der Waals surface area contributed by atoms with Crippen molar-refractivity contribution in [2.24, 2.45) is 0 Å². The maximum absolute atomic E-state index is 2.43. The smallest absolute Gasteiger partial charge is 0.0165 e. The van der Waals surface area contributed by atoms with Gasteiger partial charge in [-0.1, -0.05) is 166 Å². The highest BCUT2D eigenvalue weighted by atomic mass is 14.4.